The van der Waals surface area contributed by atoms with Crippen molar-refractivity contribution in [2.24, 2.45) is 0 Å². The fourth-order valence-electron chi connectivity index (χ4n) is 1.93. The molecule has 0 bridgehead atoms. The van der Waals surface area contributed by atoms with Gasteiger partial charge in [0, 0.05) is 35.9 Å². The number of aryl methyl sites for hydroxylation is 1. The van der Waals surface area contributed by atoms with Gasteiger partial charge in [-0.05, 0) is 49.7 Å². The van der Waals surface area contributed by atoms with Crippen LogP contribution in [-0.2, 0) is 0 Å². The van der Waals surface area contributed by atoms with Gasteiger partial charge >= 0.3 is 0 Å². The molecule has 2 aromatic rings. The molecule has 0 aliphatic carbocycles. The molecule has 0 unspecified atom stereocenters. The molecule has 2 rings (SSSR count). The molecule has 1 heterocycles. The number of carbonyl (C=O) groups excluding carboxylic acids is 1. The second-order valence-corrected chi connectivity index (χ2v) is 4.33. The minimum Gasteiger partial charge on any atom is -0.399 e. The molecule has 19 heavy (non-hydrogen) atoms. The first-order valence-electron chi connectivity index (χ1n) is 6.21. The molecule has 2 N–H and O–H groups in total. The highest BCUT2D eigenvalue weighted by atomic mass is 16.2. The number of aromatic nitrogens is 1. The zero-order valence-electron chi connectivity index (χ0n) is 11.1. The third kappa shape index (κ3) is 2.73. The molecule has 0 aliphatic heterocycles. The first-order valence-corrected chi connectivity index (χ1v) is 6.21. The number of pyridine rings is 1. The van der Waals surface area contributed by atoms with Crippen LogP contribution in [0.15, 0.2) is 42.7 Å². The highest BCUT2D eigenvalue weighted by Gasteiger charge is 2.16. The van der Waals surface area contributed by atoms with Gasteiger partial charge in [-0.3, -0.25) is 9.78 Å². The van der Waals surface area contributed by atoms with Crippen molar-refractivity contribution in [3.8, 4) is 0 Å². The minimum atomic E-state index is -0.0307. The fourth-order valence-corrected chi connectivity index (χ4v) is 1.93. The number of nitrogen functional groups attached to an aromatic ring is 1. The summed E-state index contributed by atoms with van der Waals surface area (Å²) in [6.45, 7) is 4.45. The number of anilines is 2. The molecule has 1 aromatic heterocycles. The topological polar surface area (TPSA) is 59.2 Å². The van der Waals surface area contributed by atoms with Crippen molar-refractivity contribution in [3.63, 3.8) is 0 Å². The molecule has 0 radical (unpaired) electrons. The van der Waals surface area contributed by atoms with Crippen LogP contribution in [0.2, 0.25) is 0 Å². The monoisotopic (exact) mass is 255 g/mol. The van der Waals surface area contributed by atoms with Crippen LogP contribution in [0.4, 0.5) is 11.4 Å². The average molecular weight is 255 g/mol. The van der Waals surface area contributed by atoms with Crippen LogP contribution in [0, 0.1) is 6.92 Å². The zero-order valence-corrected chi connectivity index (χ0v) is 11.1. The van der Waals surface area contributed by atoms with E-state index in [1.165, 1.54) is 0 Å². The van der Waals surface area contributed by atoms with E-state index in [0.717, 1.165) is 11.3 Å². The molecule has 0 fully saturated rings. The molecular formula is C15H17N3O. The van der Waals surface area contributed by atoms with E-state index < -0.39 is 0 Å². The number of benzene rings is 1. The Morgan fingerprint density at radius 2 is 1.95 bits per heavy atom. The summed E-state index contributed by atoms with van der Waals surface area (Å²) in [5.74, 6) is -0.0307. The largest absolute Gasteiger partial charge is 0.399 e. The Bertz CT molecular complexity index is 581. The van der Waals surface area contributed by atoms with E-state index in [4.69, 9.17) is 5.73 Å². The van der Waals surface area contributed by atoms with Crippen LogP contribution in [0.5, 0.6) is 0 Å². The van der Waals surface area contributed by atoms with Crippen LogP contribution >= 0.6 is 0 Å². The number of hydrogen-bond acceptors (Lipinski definition) is 3. The smallest absolute Gasteiger partial charge is 0.258 e. The molecule has 1 aromatic carbocycles. The van der Waals surface area contributed by atoms with E-state index in [0.29, 0.717) is 17.8 Å². The summed E-state index contributed by atoms with van der Waals surface area (Å²) in [6, 6.07) is 9.00. The second-order valence-electron chi connectivity index (χ2n) is 4.33. The second kappa shape index (κ2) is 5.52. The Labute approximate surface area is 112 Å². The van der Waals surface area contributed by atoms with Gasteiger partial charge in [0.05, 0.1) is 0 Å². The van der Waals surface area contributed by atoms with Crippen molar-refractivity contribution >= 4 is 17.3 Å². The quantitative estimate of drug-likeness (QED) is 0.858. The predicted octanol–water partition coefficient (Wildman–Crippen LogP) is 2.64. The molecule has 0 aliphatic rings. The number of nitrogens with zero attached hydrogens (tertiary/aromatic N) is 2. The summed E-state index contributed by atoms with van der Waals surface area (Å²) < 4.78 is 0. The Morgan fingerprint density at radius 1 is 1.26 bits per heavy atom. The van der Waals surface area contributed by atoms with Crippen LogP contribution < -0.4 is 10.6 Å². The van der Waals surface area contributed by atoms with E-state index in [9.17, 15) is 4.79 Å². The van der Waals surface area contributed by atoms with Gasteiger partial charge in [-0.15, -0.1) is 0 Å². The SMILES string of the molecule is CCN(C(=O)c1ccc(N)c(C)c1)c1ccncc1. The van der Waals surface area contributed by atoms with Crippen molar-refractivity contribution in [1.82, 2.24) is 4.98 Å². The number of amides is 1. The molecule has 0 saturated carbocycles. The molecule has 0 saturated heterocycles. The van der Waals surface area contributed by atoms with Crippen molar-refractivity contribution in [2.45, 2.75) is 13.8 Å². The van der Waals surface area contributed by atoms with Crippen molar-refractivity contribution in [1.29, 1.82) is 0 Å². The lowest BCUT2D eigenvalue weighted by Crippen LogP contribution is -2.30. The standard InChI is InChI=1S/C15H17N3O/c1-3-18(13-6-8-17-9-7-13)15(19)12-4-5-14(16)11(2)10-12/h4-10H,3,16H2,1-2H3. The summed E-state index contributed by atoms with van der Waals surface area (Å²) in [6.07, 6.45) is 3.36. The first-order chi connectivity index (χ1) is 9.13. The van der Waals surface area contributed by atoms with Crippen LogP contribution in [-0.4, -0.2) is 17.4 Å². The van der Waals surface area contributed by atoms with Gasteiger partial charge in [-0.1, -0.05) is 0 Å². The van der Waals surface area contributed by atoms with Crippen LogP contribution in [0.1, 0.15) is 22.8 Å². The van der Waals surface area contributed by atoms with Crippen molar-refractivity contribution < 1.29 is 4.79 Å². The number of hydrogen-bond donors (Lipinski definition) is 1. The third-order valence-corrected chi connectivity index (χ3v) is 3.05. The minimum absolute atomic E-state index is 0.0307. The number of rotatable bonds is 3. The van der Waals surface area contributed by atoms with Gasteiger partial charge in [0.25, 0.3) is 5.91 Å². The average Bonchev–Trinajstić information content (AvgIpc) is 2.44. The molecule has 4 heteroatoms. The summed E-state index contributed by atoms with van der Waals surface area (Å²) >= 11 is 0. The normalized spacial score (nSPS) is 10.2. The molecule has 98 valence electrons. The lowest BCUT2D eigenvalue weighted by molar-refractivity contribution is 0.0988. The fraction of sp³-hybridized carbons (Fsp3) is 0.200. The summed E-state index contributed by atoms with van der Waals surface area (Å²) in [4.78, 5) is 18.2. The zero-order chi connectivity index (χ0) is 13.8. The van der Waals surface area contributed by atoms with Crippen molar-refractivity contribution in [3.05, 3.63) is 53.9 Å². The lowest BCUT2D eigenvalue weighted by Gasteiger charge is -2.21. The molecule has 0 spiro atoms. The van der Waals surface area contributed by atoms with Crippen LogP contribution in [0.3, 0.4) is 0 Å². The summed E-state index contributed by atoms with van der Waals surface area (Å²) in [7, 11) is 0. The highest BCUT2D eigenvalue weighted by molar-refractivity contribution is 6.06. The van der Waals surface area contributed by atoms with Gasteiger partial charge in [0.1, 0.15) is 0 Å². The molecular weight excluding hydrogens is 238 g/mol. The Morgan fingerprint density at radius 3 is 2.53 bits per heavy atom. The van der Waals surface area contributed by atoms with E-state index in [2.05, 4.69) is 4.98 Å². The van der Waals surface area contributed by atoms with E-state index in [-0.39, 0.29) is 5.91 Å². The Balaban J connectivity index is 2.33. The van der Waals surface area contributed by atoms with E-state index in [1.54, 1.807) is 29.4 Å². The molecule has 0 atom stereocenters. The Kier molecular flexibility index (Phi) is 3.80. The maximum atomic E-state index is 12.5. The van der Waals surface area contributed by atoms with Gasteiger partial charge in [0.2, 0.25) is 0 Å². The maximum absolute atomic E-state index is 12.5. The number of carbonyl (C=O) groups is 1. The molecule has 1 amide bonds. The van der Waals surface area contributed by atoms with Gasteiger partial charge < -0.3 is 10.6 Å². The summed E-state index contributed by atoms with van der Waals surface area (Å²) in [5.41, 5.74) is 8.87. The lowest BCUT2D eigenvalue weighted by atomic mass is 10.1. The van der Waals surface area contributed by atoms with Gasteiger partial charge in [0.15, 0.2) is 0 Å². The van der Waals surface area contributed by atoms with Gasteiger partial charge in [-0.2, -0.15) is 0 Å². The van der Waals surface area contributed by atoms with Crippen LogP contribution in [0.25, 0.3) is 0 Å². The highest BCUT2D eigenvalue weighted by Crippen LogP contribution is 2.18. The maximum Gasteiger partial charge on any atom is 0.258 e. The molecule has 4 nitrogen and oxygen atoms in total. The van der Waals surface area contributed by atoms with E-state index >= 15 is 0 Å². The van der Waals surface area contributed by atoms with Crippen molar-refractivity contribution in [2.75, 3.05) is 17.2 Å². The predicted molar refractivity (Wildman–Crippen MR) is 77.2 cm³/mol. The summed E-state index contributed by atoms with van der Waals surface area (Å²) in [5, 5.41) is 0. The Hall–Kier alpha value is -2.36. The number of nitrogens with two attached hydrogens (primary N) is 1. The van der Waals surface area contributed by atoms with Gasteiger partial charge in [-0.25, -0.2) is 0 Å². The van der Waals surface area contributed by atoms with E-state index in [1.807, 2.05) is 32.0 Å². The third-order valence-electron chi connectivity index (χ3n) is 3.05. The first kappa shape index (κ1) is 13.1.